The van der Waals surface area contributed by atoms with E-state index in [9.17, 15) is 0 Å². The molecule has 116 valence electrons. The summed E-state index contributed by atoms with van der Waals surface area (Å²) in [7, 11) is 1.71. The number of piperidine rings is 1. The molecule has 3 rings (SSSR count). The molecule has 0 bridgehead atoms. The molecule has 2 aromatic rings. The van der Waals surface area contributed by atoms with Crippen molar-refractivity contribution in [3.63, 3.8) is 0 Å². The molecule has 0 unspecified atom stereocenters. The highest BCUT2D eigenvalue weighted by Crippen LogP contribution is 2.28. The monoisotopic (exact) mass is 296 g/mol. The van der Waals surface area contributed by atoms with Gasteiger partial charge >= 0.3 is 0 Å². The van der Waals surface area contributed by atoms with Crippen molar-refractivity contribution in [2.24, 2.45) is 5.73 Å². The van der Waals surface area contributed by atoms with E-state index in [1.54, 1.807) is 7.11 Å². The highest BCUT2D eigenvalue weighted by Gasteiger charge is 2.17. The van der Waals surface area contributed by atoms with Gasteiger partial charge < -0.3 is 10.5 Å². The second-order valence-electron chi connectivity index (χ2n) is 6.00. The average molecular weight is 296 g/mol. The van der Waals surface area contributed by atoms with Crippen LogP contribution in [0.1, 0.15) is 18.4 Å². The molecule has 2 aromatic carbocycles. The van der Waals surface area contributed by atoms with Gasteiger partial charge in [0.15, 0.2) is 0 Å². The van der Waals surface area contributed by atoms with E-state index >= 15 is 0 Å². The number of nitrogens with zero attached hydrogens (tertiary/aromatic N) is 1. The van der Waals surface area contributed by atoms with Gasteiger partial charge in [0.1, 0.15) is 5.75 Å². The van der Waals surface area contributed by atoms with Crippen LogP contribution in [0.15, 0.2) is 48.5 Å². The van der Waals surface area contributed by atoms with Crippen LogP contribution in [0.4, 0.5) is 0 Å². The Balaban J connectivity index is 1.83. The topological polar surface area (TPSA) is 38.5 Å². The van der Waals surface area contributed by atoms with Crippen molar-refractivity contribution in [1.82, 2.24) is 4.90 Å². The van der Waals surface area contributed by atoms with Crippen LogP contribution in [0, 0.1) is 0 Å². The Morgan fingerprint density at radius 2 is 1.86 bits per heavy atom. The largest absolute Gasteiger partial charge is 0.497 e. The van der Waals surface area contributed by atoms with E-state index in [-0.39, 0.29) is 0 Å². The van der Waals surface area contributed by atoms with Gasteiger partial charge in [-0.1, -0.05) is 36.4 Å². The number of ether oxygens (including phenoxy) is 1. The summed E-state index contributed by atoms with van der Waals surface area (Å²) in [5, 5.41) is 0. The lowest BCUT2D eigenvalue weighted by Crippen LogP contribution is -2.39. The van der Waals surface area contributed by atoms with Gasteiger partial charge in [0, 0.05) is 12.6 Å². The minimum Gasteiger partial charge on any atom is -0.497 e. The summed E-state index contributed by atoms with van der Waals surface area (Å²) in [5.41, 5.74) is 9.87. The zero-order chi connectivity index (χ0) is 15.4. The Kier molecular flexibility index (Phi) is 4.76. The van der Waals surface area contributed by atoms with Gasteiger partial charge in [0.2, 0.25) is 0 Å². The maximum atomic E-state index is 6.00. The van der Waals surface area contributed by atoms with Gasteiger partial charge in [-0.2, -0.15) is 0 Å². The molecule has 1 saturated heterocycles. The molecule has 3 heteroatoms. The first kappa shape index (κ1) is 15.1. The summed E-state index contributed by atoms with van der Waals surface area (Å²) in [6.07, 6.45) is 2.20. The highest BCUT2D eigenvalue weighted by atomic mass is 16.5. The lowest BCUT2D eigenvalue weighted by atomic mass is 9.98. The molecule has 0 spiro atoms. The maximum Gasteiger partial charge on any atom is 0.119 e. The van der Waals surface area contributed by atoms with Crippen LogP contribution in [0.25, 0.3) is 11.1 Å². The minimum absolute atomic E-state index is 0.380. The van der Waals surface area contributed by atoms with Crippen LogP contribution in [-0.4, -0.2) is 31.1 Å². The molecule has 1 aliphatic rings. The molecular formula is C19H24N2O. The summed E-state index contributed by atoms with van der Waals surface area (Å²) in [4.78, 5) is 2.50. The van der Waals surface area contributed by atoms with Crippen LogP contribution >= 0.6 is 0 Å². The fourth-order valence-corrected chi connectivity index (χ4v) is 3.08. The van der Waals surface area contributed by atoms with E-state index in [0.29, 0.717) is 6.04 Å². The van der Waals surface area contributed by atoms with Crippen molar-refractivity contribution in [2.45, 2.75) is 25.4 Å². The minimum atomic E-state index is 0.380. The van der Waals surface area contributed by atoms with Crippen LogP contribution in [0.5, 0.6) is 5.75 Å². The van der Waals surface area contributed by atoms with Crippen molar-refractivity contribution in [2.75, 3.05) is 20.2 Å². The number of methoxy groups -OCH3 is 1. The summed E-state index contributed by atoms with van der Waals surface area (Å²) in [5.74, 6) is 0.899. The molecule has 0 saturated carbocycles. The van der Waals surface area contributed by atoms with Crippen LogP contribution < -0.4 is 10.5 Å². The Hall–Kier alpha value is -1.84. The number of hydrogen-bond donors (Lipinski definition) is 1. The molecule has 0 amide bonds. The van der Waals surface area contributed by atoms with Gasteiger partial charge in [0.25, 0.3) is 0 Å². The van der Waals surface area contributed by atoms with E-state index in [0.717, 1.165) is 38.2 Å². The normalized spacial score (nSPS) is 16.6. The quantitative estimate of drug-likeness (QED) is 0.941. The zero-order valence-corrected chi connectivity index (χ0v) is 13.2. The number of rotatable bonds is 4. The van der Waals surface area contributed by atoms with Gasteiger partial charge in [-0.25, -0.2) is 0 Å². The number of likely N-dealkylation sites (tertiary alicyclic amines) is 1. The number of nitrogens with two attached hydrogens (primary N) is 1. The summed E-state index contributed by atoms with van der Waals surface area (Å²) >= 11 is 0. The second-order valence-corrected chi connectivity index (χ2v) is 6.00. The summed E-state index contributed by atoms with van der Waals surface area (Å²) < 4.78 is 5.35. The van der Waals surface area contributed by atoms with E-state index < -0.39 is 0 Å². The number of benzene rings is 2. The maximum absolute atomic E-state index is 6.00. The lowest BCUT2D eigenvalue weighted by Gasteiger charge is -2.30. The lowest BCUT2D eigenvalue weighted by molar-refractivity contribution is 0.206. The van der Waals surface area contributed by atoms with Crippen molar-refractivity contribution >= 4 is 0 Å². The molecule has 0 aliphatic carbocycles. The fraction of sp³-hybridized carbons (Fsp3) is 0.368. The SMILES string of the molecule is COc1cccc(-c2ccccc2CN2CCC(N)CC2)c1. The van der Waals surface area contributed by atoms with Gasteiger partial charge in [-0.3, -0.25) is 4.90 Å². The summed E-state index contributed by atoms with van der Waals surface area (Å²) in [6.45, 7) is 3.17. The predicted molar refractivity (Wildman–Crippen MR) is 90.9 cm³/mol. The molecule has 22 heavy (non-hydrogen) atoms. The third-order valence-electron chi connectivity index (χ3n) is 4.42. The van der Waals surface area contributed by atoms with Crippen molar-refractivity contribution < 1.29 is 4.74 Å². The molecule has 1 aliphatic heterocycles. The Morgan fingerprint density at radius 1 is 1.09 bits per heavy atom. The molecule has 0 aromatic heterocycles. The molecule has 1 heterocycles. The predicted octanol–water partition coefficient (Wildman–Crippen LogP) is 3.29. The number of hydrogen-bond acceptors (Lipinski definition) is 3. The van der Waals surface area contributed by atoms with E-state index in [1.807, 2.05) is 12.1 Å². The van der Waals surface area contributed by atoms with Crippen LogP contribution in [-0.2, 0) is 6.54 Å². The average Bonchev–Trinajstić information content (AvgIpc) is 2.57. The Bertz CT molecular complexity index is 618. The first-order valence-corrected chi connectivity index (χ1v) is 7.96. The van der Waals surface area contributed by atoms with Gasteiger partial charge in [0.05, 0.1) is 7.11 Å². The molecular weight excluding hydrogens is 272 g/mol. The first-order valence-electron chi connectivity index (χ1n) is 7.96. The van der Waals surface area contributed by atoms with Gasteiger partial charge in [-0.05, 0) is 54.8 Å². The first-order chi connectivity index (χ1) is 10.8. The third kappa shape index (κ3) is 3.49. The van der Waals surface area contributed by atoms with E-state index in [2.05, 4.69) is 41.3 Å². The summed E-state index contributed by atoms with van der Waals surface area (Å²) in [6, 6.07) is 17.3. The molecule has 1 fully saturated rings. The van der Waals surface area contributed by atoms with Crippen molar-refractivity contribution in [3.05, 3.63) is 54.1 Å². The van der Waals surface area contributed by atoms with Crippen LogP contribution in [0.3, 0.4) is 0 Å². The highest BCUT2D eigenvalue weighted by molar-refractivity contribution is 5.68. The van der Waals surface area contributed by atoms with Gasteiger partial charge in [-0.15, -0.1) is 0 Å². The zero-order valence-electron chi connectivity index (χ0n) is 13.2. The van der Waals surface area contributed by atoms with E-state index in [4.69, 9.17) is 10.5 Å². The Morgan fingerprint density at radius 3 is 2.64 bits per heavy atom. The standard InChI is InChI=1S/C19H24N2O/c1-22-18-7-4-6-15(13-18)19-8-3-2-5-16(19)14-21-11-9-17(20)10-12-21/h2-8,13,17H,9-12,14,20H2,1H3. The molecule has 0 radical (unpaired) electrons. The third-order valence-corrected chi connectivity index (χ3v) is 4.42. The molecule has 0 atom stereocenters. The fourth-order valence-electron chi connectivity index (χ4n) is 3.08. The Labute approximate surface area is 132 Å². The molecule has 2 N–H and O–H groups in total. The smallest absolute Gasteiger partial charge is 0.119 e. The van der Waals surface area contributed by atoms with Crippen molar-refractivity contribution in [3.8, 4) is 16.9 Å². The van der Waals surface area contributed by atoms with Crippen LogP contribution in [0.2, 0.25) is 0 Å². The molecule has 3 nitrogen and oxygen atoms in total. The van der Waals surface area contributed by atoms with Crippen molar-refractivity contribution in [1.29, 1.82) is 0 Å². The second kappa shape index (κ2) is 6.95. The van der Waals surface area contributed by atoms with E-state index in [1.165, 1.54) is 16.7 Å².